The van der Waals surface area contributed by atoms with Crippen molar-refractivity contribution >= 4 is 24.4 Å². The fraction of sp³-hybridized carbons (Fsp3) is 0.429. The van der Waals surface area contributed by atoms with E-state index in [1.807, 2.05) is 31.2 Å². The van der Waals surface area contributed by atoms with E-state index in [1.54, 1.807) is 0 Å². The van der Waals surface area contributed by atoms with Gasteiger partial charge in [-0.3, -0.25) is 0 Å². The van der Waals surface area contributed by atoms with Crippen molar-refractivity contribution in [1.29, 1.82) is 0 Å². The van der Waals surface area contributed by atoms with Gasteiger partial charge in [0.2, 0.25) is 0 Å². The first-order chi connectivity index (χ1) is 11.3. The molecule has 0 spiro atoms. The van der Waals surface area contributed by atoms with Gasteiger partial charge in [-0.1, -0.05) is 59.4 Å². The summed E-state index contributed by atoms with van der Waals surface area (Å²) in [5.74, 6) is 0.416. The van der Waals surface area contributed by atoms with Crippen molar-refractivity contribution in [3.63, 3.8) is 0 Å². The predicted octanol–water partition coefficient (Wildman–Crippen LogP) is 6.44. The maximum Gasteiger partial charge on any atom is 0.142 e. The van der Waals surface area contributed by atoms with Crippen LogP contribution in [-0.2, 0) is 43.5 Å². The average molecular weight is 465 g/mol. The molecule has 26 heavy (non-hydrogen) atoms. The van der Waals surface area contributed by atoms with E-state index in [2.05, 4.69) is 54.2 Å². The quantitative estimate of drug-likeness (QED) is 0.447. The Morgan fingerprint density at radius 1 is 0.769 bits per heavy atom. The van der Waals surface area contributed by atoms with Crippen LogP contribution in [-0.4, -0.2) is 10.2 Å². The van der Waals surface area contributed by atoms with Gasteiger partial charge in [0, 0.05) is 37.6 Å². The number of phenols is 2. The Hall–Kier alpha value is -0.156. The van der Waals surface area contributed by atoms with Gasteiger partial charge in [0.25, 0.3) is 0 Å². The van der Waals surface area contributed by atoms with Crippen LogP contribution in [0.3, 0.4) is 0 Å². The molecule has 0 amide bonds. The van der Waals surface area contributed by atoms with Gasteiger partial charge in [-0.05, 0) is 52.6 Å². The molecule has 0 aliphatic rings. The number of rotatable bonds is 2. The Morgan fingerprint density at radius 3 is 1.65 bits per heavy atom. The van der Waals surface area contributed by atoms with Crippen LogP contribution < -0.4 is 0 Å². The van der Waals surface area contributed by atoms with Crippen molar-refractivity contribution in [2.24, 2.45) is 0 Å². The third-order valence-electron chi connectivity index (χ3n) is 4.27. The van der Waals surface area contributed by atoms with Crippen molar-refractivity contribution in [3.8, 4) is 11.5 Å². The van der Waals surface area contributed by atoms with Crippen LogP contribution in [0.25, 0.3) is 0 Å². The maximum atomic E-state index is 10.5. The zero-order valence-corrected chi connectivity index (χ0v) is 21.2. The van der Waals surface area contributed by atoms with Gasteiger partial charge < -0.3 is 10.2 Å². The Labute approximate surface area is 192 Å². The molecule has 0 saturated carbocycles. The summed E-state index contributed by atoms with van der Waals surface area (Å²) in [6.07, 6.45) is 0. The van der Waals surface area contributed by atoms with Gasteiger partial charge in [-0.25, -0.2) is 0 Å². The summed E-state index contributed by atoms with van der Waals surface area (Å²) in [6, 6.07) is 7.92. The van der Waals surface area contributed by atoms with E-state index in [0.717, 1.165) is 21.6 Å². The van der Waals surface area contributed by atoms with E-state index in [-0.39, 0.29) is 55.0 Å². The molecular formula is C21H28O2S2Y. The number of phenolic OH excluding ortho intramolecular Hbond substituents is 2. The molecule has 0 fully saturated rings. The number of aromatic hydroxyl groups is 2. The molecule has 139 valence electrons. The van der Waals surface area contributed by atoms with Crippen molar-refractivity contribution in [2.75, 3.05) is 0 Å². The minimum absolute atomic E-state index is 0. The normalized spacial score (nSPS) is 12.0. The number of hydrogen-bond donors (Lipinski definition) is 3. The maximum absolute atomic E-state index is 10.5. The largest absolute Gasteiger partial charge is 0.506 e. The number of hydrogen-bond acceptors (Lipinski definition) is 4. The van der Waals surface area contributed by atoms with Crippen LogP contribution >= 0.6 is 24.4 Å². The van der Waals surface area contributed by atoms with Gasteiger partial charge >= 0.3 is 0 Å². The Balaban J connectivity index is 0.00000338. The molecule has 2 nitrogen and oxygen atoms in total. The Kier molecular flexibility index (Phi) is 7.78. The molecule has 5 heteroatoms. The first kappa shape index (κ1) is 23.9. The van der Waals surface area contributed by atoms with E-state index < -0.39 is 0 Å². The molecule has 0 unspecified atom stereocenters. The zero-order valence-electron chi connectivity index (χ0n) is 16.6. The van der Waals surface area contributed by atoms with Gasteiger partial charge in [-0.15, -0.1) is 12.6 Å². The summed E-state index contributed by atoms with van der Waals surface area (Å²) < 4.78 is 0. The third-order valence-corrected chi connectivity index (χ3v) is 5.68. The second kappa shape index (κ2) is 8.47. The minimum atomic E-state index is -0.0499. The first-order valence-electron chi connectivity index (χ1n) is 8.39. The molecule has 2 aromatic carbocycles. The monoisotopic (exact) mass is 465 g/mol. The molecule has 2 N–H and O–H groups in total. The molecule has 1 radical (unpaired) electrons. The van der Waals surface area contributed by atoms with E-state index in [4.69, 9.17) is 0 Å². The van der Waals surface area contributed by atoms with Crippen molar-refractivity contribution in [3.05, 3.63) is 41.0 Å². The number of aryl methyl sites for hydroxylation is 1. The summed E-state index contributed by atoms with van der Waals surface area (Å²) in [5, 5.41) is 21.0. The summed E-state index contributed by atoms with van der Waals surface area (Å²) in [7, 11) is 0. The minimum Gasteiger partial charge on any atom is -0.506 e. The SMILES string of the molecule is Cc1cc(C(C)(C)C)cc(Sc2cc(C(C)(C)C)cc(S)c2O)c1O.[Y]. The molecule has 2 aromatic rings. The van der Waals surface area contributed by atoms with Crippen molar-refractivity contribution in [2.45, 2.75) is 74.0 Å². The van der Waals surface area contributed by atoms with E-state index in [9.17, 15) is 10.2 Å². The molecule has 0 bridgehead atoms. The number of thiol groups is 1. The van der Waals surface area contributed by atoms with Crippen LogP contribution in [0.2, 0.25) is 0 Å². The van der Waals surface area contributed by atoms with Crippen LogP contribution in [0, 0.1) is 6.92 Å². The first-order valence-corrected chi connectivity index (χ1v) is 9.65. The third kappa shape index (κ3) is 5.44. The molecule has 0 atom stereocenters. The molecule has 0 aliphatic carbocycles. The van der Waals surface area contributed by atoms with Crippen LogP contribution in [0.15, 0.2) is 39.0 Å². The van der Waals surface area contributed by atoms with E-state index in [0.29, 0.717) is 9.79 Å². The van der Waals surface area contributed by atoms with Gasteiger partial charge in [0.1, 0.15) is 11.5 Å². The van der Waals surface area contributed by atoms with Crippen molar-refractivity contribution < 1.29 is 42.9 Å². The summed E-state index contributed by atoms with van der Waals surface area (Å²) in [4.78, 5) is 2.01. The van der Waals surface area contributed by atoms with Crippen molar-refractivity contribution in [1.82, 2.24) is 0 Å². The molecule has 0 saturated heterocycles. The Bertz CT molecular complexity index is 736. The summed E-state index contributed by atoms with van der Waals surface area (Å²) >= 11 is 5.80. The second-order valence-electron chi connectivity index (χ2n) is 8.58. The zero-order chi connectivity index (χ0) is 19.2. The molecule has 0 aliphatic heterocycles. The van der Waals surface area contributed by atoms with Gasteiger partial charge in [0.05, 0.1) is 9.79 Å². The second-order valence-corrected chi connectivity index (χ2v) is 10.1. The summed E-state index contributed by atoms with van der Waals surface area (Å²) in [6.45, 7) is 14.7. The van der Waals surface area contributed by atoms with E-state index in [1.165, 1.54) is 11.8 Å². The van der Waals surface area contributed by atoms with Gasteiger partial charge in [-0.2, -0.15) is 0 Å². The van der Waals surface area contributed by atoms with E-state index >= 15 is 0 Å². The topological polar surface area (TPSA) is 40.5 Å². The van der Waals surface area contributed by atoms with Crippen LogP contribution in [0.4, 0.5) is 0 Å². The smallest absolute Gasteiger partial charge is 0.142 e. The molecule has 0 heterocycles. The summed E-state index contributed by atoms with van der Waals surface area (Å²) in [5.41, 5.74) is 3.03. The van der Waals surface area contributed by atoms with Crippen LogP contribution in [0.1, 0.15) is 58.2 Å². The molecular weight excluding hydrogens is 437 g/mol. The molecule has 0 aromatic heterocycles. The average Bonchev–Trinajstić information content (AvgIpc) is 2.45. The molecule has 2 rings (SSSR count). The van der Waals surface area contributed by atoms with Gasteiger partial charge in [0.15, 0.2) is 0 Å². The fourth-order valence-electron chi connectivity index (χ4n) is 2.48. The Morgan fingerprint density at radius 2 is 1.19 bits per heavy atom. The fourth-order valence-corrected chi connectivity index (χ4v) is 3.89. The van der Waals surface area contributed by atoms with Crippen LogP contribution in [0.5, 0.6) is 11.5 Å². The standard InChI is InChI=1S/C21H28O2S2.Y/c1-12-8-13(20(2,3)4)10-16(18(12)22)25-17-11-14(21(5,6)7)9-15(24)19(17)23;/h8-11,22-24H,1-7H3;. The predicted molar refractivity (Wildman–Crippen MR) is 110 cm³/mol. The number of benzene rings is 2.